The Morgan fingerprint density at radius 3 is 2.50 bits per heavy atom. The van der Waals surface area contributed by atoms with Crippen LogP contribution in [0.1, 0.15) is 21.6 Å². The summed E-state index contributed by atoms with van der Waals surface area (Å²) in [7, 11) is 0. The van der Waals surface area contributed by atoms with E-state index in [0.717, 1.165) is 35.6 Å². The standard InChI is InChI=1S/C21H22N4O/c1-15-5-10-19(20(22)14-15)21(26)25-18-8-6-17(7-9-18)24-13-11-16-4-2-3-12-23-16/h2-10,12,14,24H,11,13,22H2,1H3,(H,25,26). The van der Waals surface area contributed by atoms with Crippen LogP contribution in [-0.4, -0.2) is 17.4 Å². The number of nitrogens with zero attached hydrogens (tertiary/aromatic N) is 1. The number of nitrogens with two attached hydrogens (primary N) is 1. The number of nitrogen functional groups attached to an aromatic ring is 1. The third-order valence-electron chi connectivity index (χ3n) is 4.03. The Hall–Kier alpha value is -3.34. The van der Waals surface area contributed by atoms with Crippen LogP contribution in [0.4, 0.5) is 17.1 Å². The zero-order valence-electron chi connectivity index (χ0n) is 14.7. The Labute approximate surface area is 153 Å². The molecule has 0 aliphatic heterocycles. The minimum Gasteiger partial charge on any atom is -0.398 e. The van der Waals surface area contributed by atoms with Gasteiger partial charge >= 0.3 is 0 Å². The molecule has 0 saturated heterocycles. The SMILES string of the molecule is Cc1ccc(C(=O)Nc2ccc(NCCc3ccccn3)cc2)c(N)c1. The highest BCUT2D eigenvalue weighted by Crippen LogP contribution is 2.18. The number of carbonyl (C=O) groups is 1. The van der Waals surface area contributed by atoms with Crippen LogP contribution in [0.25, 0.3) is 0 Å². The highest BCUT2D eigenvalue weighted by molar-refractivity contribution is 6.07. The molecular formula is C21H22N4O. The molecule has 1 aromatic heterocycles. The molecule has 3 rings (SSSR count). The first-order valence-electron chi connectivity index (χ1n) is 8.53. The van der Waals surface area contributed by atoms with Gasteiger partial charge in [-0.2, -0.15) is 0 Å². The summed E-state index contributed by atoms with van der Waals surface area (Å²) in [4.78, 5) is 16.6. The van der Waals surface area contributed by atoms with E-state index in [9.17, 15) is 4.79 Å². The molecular weight excluding hydrogens is 324 g/mol. The Balaban J connectivity index is 1.54. The van der Waals surface area contributed by atoms with Gasteiger partial charge in [0.05, 0.1) is 5.56 Å². The minimum absolute atomic E-state index is 0.210. The highest BCUT2D eigenvalue weighted by atomic mass is 16.1. The fraction of sp³-hybridized carbons (Fsp3) is 0.143. The van der Waals surface area contributed by atoms with Gasteiger partial charge in [0.25, 0.3) is 5.91 Å². The van der Waals surface area contributed by atoms with Crippen LogP contribution in [0.3, 0.4) is 0 Å². The van der Waals surface area contributed by atoms with E-state index < -0.39 is 0 Å². The lowest BCUT2D eigenvalue weighted by Crippen LogP contribution is -2.14. The Bertz CT molecular complexity index is 876. The number of carbonyl (C=O) groups excluding carboxylic acids is 1. The number of rotatable bonds is 6. The predicted molar refractivity (Wildman–Crippen MR) is 106 cm³/mol. The number of benzene rings is 2. The van der Waals surface area contributed by atoms with E-state index in [1.165, 1.54) is 0 Å². The van der Waals surface area contributed by atoms with Crippen LogP contribution in [0.2, 0.25) is 0 Å². The molecule has 0 saturated carbocycles. The largest absolute Gasteiger partial charge is 0.398 e. The molecule has 0 spiro atoms. The third kappa shape index (κ3) is 4.60. The van der Waals surface area contributed by atoms with Crippen molar-refractivity contribution in [1.29, 1.82) is 0 Å². The molecule has 0 radical (unpaired) electrons. The van der Waals surface area contributed by atoms with E-state index >= 15 is 0 Å². The number of aryl methyl sites for hydroxylation is 1. The molecule has 5 nitrogen and oxygen atoms in total. The second-order valence-electron chi connectivity index (χ2n) is 6.12. The number of pyridine rings is 1. The maximum atomic E-state index is 12.3. The molecule has 5 heteroatoms. The number of aromatic nitrogens is 1. The van der Waals surface area contributed by atoms with Crippen molar-refractivity contribution in [3.63, 3.8) is 0 Å². The van der Waals surface area contributed by atoms with Crippen molar-refractivity contribution < 1.29 is 4.79 Å². The van der Waals surface area contributed by atoms with Gasteiger partial charge in [0, 0.05) is 41.9 Å². The van der Waals surface area contributed by atoms with Crippen LogP contribution in [0.15, 0.2) is 66.9 Å². The Morgan fingerprint density at radius 1 is 1.04 bits per heavy atom. The predicted octanol–water partition coefficient (Wildman–Crippen LogP) is 3.88. The smallest absolute Gasteiger partial charge is 0.257 e. The topological polar surface area (TPSA) is 80.0 Å². The third-order valence-corrected chi connectivity index (χ3v) is 4.03. The van der Waals surface area contributed by atoms with Crippen LogP contribution < -0.4 is 16.4 Å². The quantitative estimate of drug-likeness (QED) is 0.592. The molecule has 0 aliphatic rings. The summed E-state index contributed by atoms with van der Waals surface area (Å²) in [5.74, 6) is -0.210. The normalized spacial score (nSPS) is 10.3. The first kappa shape index (κ1) is 17.5. The van der Waals surface area contributed by atoms with Crippen molar-refractivity contribution in [3.05, 3.63) is 83.7 Å². The van der Waals surface area contributed by atoms with Gasteiger partial charge in [-0.25, -0.2) is 0 Å². The molecule has 1 amide bonds. The van der Waals surface area contributed by atoms with E-state index in [4.69, 9.17) is 5.73 Å². The van der Waals surface area contributed by atoms with E-state index in [0.29, 0.717) is 11.3 Å². The van der Waals surface area contributed by atoms with Gasteiger partial charge in [0.15, 0.2) is 0 Å². The fourth-order valence-electron chi connectivity index (χ4n) is 2.64. The zero-order chi connectivity index (χ0) is 18.4. The average molecular weight is 346 g/mol. The Morgan fingerprint density at radius 2 is 1.81 bits per heavy atom. The second kappa shape index (κ2) is 8.16. The molecule has 0 bridgehead atoms. The number of nitrogens with one attached hydrogen (secondary N) is 2. The fourth-order valence-corrected chi connectivity index (χ4v) is 2.64. The van der Waals surface area contributed by atoms with E-state index in [1.54, 1.807) is 18.3 Å². The van der Waals surface area contributed by atoms with E-state index in [1.807, 2.05) is 55.5 Å². The molecule has 26 heavy (non-hydrogen) atoms. The Kier molecular flexibility index (Phi) is 5.49. The van der Waals surface area contributed by atoms with Crippen molar-refractivity contribution in [1.82, 2.24) is 4.98 Å². The number of amides is 1. The summed E-state index contributed by atoms with van der Waals surface area (Å²) in [6.45, 7) is 2.74. The summed E-state index contributed by atoms with van der Waals surface area (Å²) in [5.41, 5.74) is 10.7. The maximum Gasteiger partial charge on any atom is 0.257 e. The van der Waals surface area contributed by atoms with E-state index in [-0.39, 0.29) is 5.91 Å². The van der Waals surface area contributed by atoms with Gasteiger partial charge < -0.3 is 16.4 Å². The van der Waals surface area contributed by atoms with E-state index in [2.05, 4.69) is 15.6 Å². The van der Waals surface area contributed by atoms with Gasteiger partial charge in [-0.05, 0) is 61.0 Å². The molecule has 0 unspecified atom stereocenters. The van der Waals surface area contributed by atoms with Crippen LogP contribution in [-0.2, 0) is 6.42 Å². The van der Waals surface area contributed by atoms with Crippen LogP contribution >= 0.6 is 0 Å². The summed E-state index contributed by atoms with van der Waals surface area (Å²) in [6.07, 6.45) is 2.65. The number of hydrogen-bond acceptors (Lipinski definition) is 4. The lowest BCUT2D eigenvalue weighted by Gasteiger charge is -2.10. The molecule has 0 fully saturated rings. The van der Waals surface area contributed by atoms with Crippen LogP contribution in [0.5, 0.6) is 0 Å². The zero-order valence-corrected chi connectivity index (χ0v) is 14.7. The van der Waals surface area contributed by atoms with Crippen molar-refractivity contribution in [2.24, 2.45) is 0 Å². The van der Waals surface area contributed by atoms with Gasteiger partial charge in [-0.15, -0.1) is 0 Å². The molecule has 4 N–H and O–H groups in total. The highest BCUT2D eigenvalue weighted by Gasteiger charge is 2.09. The molecule has 3 aromatic rings. The van der Waals surface area contributed by atoms with Crippen LogP contribution in [0, 0.1) is 6.92 Å². The van der Waals surface area contributed by atoms with Crippen molar-refractivity contribution in [2.75, 3.05) is 22.9 Å². The summed E-state index contributed by atoms with van der Waals surface area (Å²) in [6, 6.07) is 18.9. The summed E-state index contributed by atoms with van der Waals surface area (Å²) >= 11 is 0. The molecule has 132 valence electrons. The van der Waals surface area contributed by atoms with Crippen molar-refractivity contribution >= 4 is 23.0 Å². The maximum absolute atomic E-state index is 12.3. The van der Waals surface area contributed by atoms with Crippen molar-refractivity contribution in [2.45, 2.75) is 13.3 Å². The lowest BCUT2D eigenvalue weighted by molar-refractivity contribution is 0.102. The summed E-state index contributed by atoms with van der Waals surface area (Å²) < 4.78 is 0. The average Bonchev–Trinajstić information content (AvgIpc) is 2.64. The first-order valence-corrected chi connectivity index (χ1v) is 8.53. The minimum atomic E-state index is -0.210. The summed E-state index contributed by atoms with van der Waals surface area (Å²) in [5, 5.41) is 6.22. The number of hydrogen-bond donors (Lipinski definition) is 3. The molecule has 0 aliphatic carbocycles. The first-order chi connectivity index (χ1) is 12.6. The number of anilines is 3. The van der Waals surface area contributed by atoms with Gasteiger partial charge in [0.2, 0.25) is 0 Å². The monoisotopic (exact) mass is 346 g/mol. The molecule has 0 atom stereocenters. The second-order valence-corrected chi connectivity index (χ2v) is 6.12. The van der Waals surface area contributed by atoms with Gasteiger partial charge in [0.1, 0.15) is 0 Å². The molecule has 2 aromatic carbocycles. The lowest BCUT2D eigenvalue weighted by atomic mass is 10.1. The van der Waals surface area contributed by atoms with Gasteiger partial charge in [-0.3, -0.25) is 9.78 Å². The van der Waals surface area contributed by atoms with Gasteiger partial charge in [-0.1, -0.05) is 12.1 Å². The van der Waals surface area contributed by atoms with Crippen molar-refractivity contribution in [3.8, 4) is 0 Å². The molecule has 1 heterocycles.